The second-order valence-corrected chi connectivity index (χ2v) is 7.66. The molecule has 0 radical (unpaired) electrons. The molecule has 0 amide bonds. The van der Waals surface area contributed by atoms with E-state index >= 15 is 0 Å². The van der Waals surface area contributed by atoms with Gasteiger partial charge in [0.1, 0.15) is 4.90 Å². The number of hydrogen-bond donors (Lipinski definition) is 2. The van der Waals surface area contributed by atoms with Gasteiger partial charge in [0.25, 0.3) is 0 Å². The summed E-state index contributed by atoms with van der Waals surface area (Å²) >= 11 is 1.46. The van der Waals surface area contributed by atoms with E-state index in [1.165, 1.54) is 17.8 Å². The zero-order chi connectivity index (χ0) is 15.5. The Balaban J connectivity index is 2.19. The molecule has 8 heteroatoms. The third-order valence-corrected chi connectivity index (χ3v) is 5.19. The number of halogens is 2. The predicted molar refractivity (Wildman–Crippen MR) is 79.8 cm³/mol. The number of benzene rings is 1. The van der Waals surface area contributed by atoms with Crippen molar-refractivity contribution in [2.24, 2.45) is 0 Å². The summed E-state index contributed by atoms with van der Waals surface area (Å²) in [6.07, 6.45) is 3.95. The third-order valence-electron chi connectivity index (χ3n) is 3.11. The van der Waals surface area contributed by atoms with Gasteiger partial charge in [-0.1, -0.05) is 0 Å². The molecule has 0 aromatic heterocycles. The summed E-state index contributed by atoms with van der Waals surface area (Å²) in [4.78, 5) is -0.629. The molecule has 0 aliphatic heterocycles. The second kappa shape index (κ2) is 7.04. The molecule has 0 bridgehead atoms. The lowest BCUT2D eigenvalue weighted by atomic mass is 10.2. The molecule has 1 aliphatic carbocycles. The van der Waals surface area contributed by atoms with Crippen molar-refractivity contribution in [2.75, 3.05) is 18.6 Å². The molecular formula is C13H18F2N2O2S2. The van der Waals surface area contributed by atoms with Crippen molar-refractivity contribution in [3.8, 4) is 0 Å². The van der Waals surface area contributed by atoms with Gasteiger partial charge in [0.15, 0.2) is 11.6 Å². The summed E-state index contributed by atoms with van der Waals surface area (Å²) in [5, 5.41) is 3.14. The Labute approximate surface area is 127 Å². The number of rotatable bonds is 8. The van der Waals surface area contributed by atoms with Gasteiger partial charge in [0.05, 0.1) is 0 Å². The molecular weight excluding hydrogens is 318 g/mol. The fourth-order valence-corrected chi connectivity index (χ4v) is 3.42. The van der Waals surface area contributed by atoms with E-state index in [0.717, 1.165) is 18.9 Å². The van der Waals surface area contributed by atoms with Crippen LogP contribution in [0.25, 0.3) is 0 Å². The lowest BCUT2D eigenvalue weighted by molar-refractivity contribution is 0.480. The fraction of sp³-hybridized carbons (Fsp3) is 0.538. The molecule has 1 fully saturated rings. The van der Waals surface area contributed by atoms with Crippen LogP contribution in [-0.2, 0) is 16.6 Å². The summed E-state index contributed by atoms with van der Waals surface area (Å²) < 4.78 is 53.7. The van der Waals surface area contributed by atoms with E-state index in [2.05, 4.69) is 10.0 Å². The van der Waals surface area contributed by atoms with Crippen LogP contribution in [-0.4, -0.2) is 33.0 Å². The van der Waals surface area contributed by atoms with Crippen LogP contribution in [0, 0.1) is 11.6 Å². The zero-order valence-electron chi connectivity index (χ0n) is 11.7. The van der Waals surface area contributed by atoms with Crippen LogP contribution in [0.3, 0.4) is 0 Å². The van der Waals surface area contributed by atoms with Crippen molar-refractivity contribution in [2.45, 2.75) is 30.3 Å². The van der Waals surface area contributed by atoms with Crippen LogP contribution >= 0.6 is 11.8 Å². The molecule has 1 saturated carbocycles. The fourth-order valence-electron chi connectivity index (χ4n) is 1.82. The van der Waals surface area contributed by atoms with E-state index in [1.807, 2.05) is 6.26 Å². The van der Waals surface area contributed by atoms with Gasteiger partial charge in [-0.25, -0.2) is 21.9 Å². The maximum Gasteiger partial charge on any atom is 0.243 e. The Kier molecular flexibility index (Phi) is 5.59. The quantitative estimate of drug-likeness (QED) is 0.712. The van der Waals surface area contributed by atoms with Crippen LogP contribution in [0.5, 0.6) is 0 Å². The Morgan fingerprint density at radius 3 is 2.67 bits per heavy atom. The first-order chi connectivity index (χ1) is 9.94. The standard InChI is InChI=1S/C13H18F2N2O2S2/c1-20-5-4-17-21(18,19)12-7-9(6-11(14)13(12)15)8-16-10-2-3-10/h6-7,10,16-17H,2-5,8H2,1H3. The lowest BCUT2D eigenvalue weighted by Crippen LogP contribution is -2.27. The van der Waals surface area contributed by atoms with Crippen molar-refractivity contribution in [1.82, 2.24) is 10.0 Å². The molecule has 0 spiro atoms. The monoisotopic (exact) mass is 336 g/mol. The molecule has 21 heavy (non-hydrogen) atoms. The Morgan fingerprint density at radius 1 is 1.33 bits per heavy atom. The maximum atomic E-state index is 13.8. The molecule has 2 rings (SSSR count). The van der Waals surface area contributed by atoms with Gasteiger partial charge in [-0.05, 0) is 36.8 Å². The van der Waals surface area contributed by atoms with Gasteiger partial charge in [-0.2, -0.15) is 11.8 Å². The molecule has 0 heterocycles. The van der Waals surface area contributed by atoms with Gasteiger partial charge in [-0.15, -0.1) is 0 Å². The van der Waals surface area contributed by atoms with Crippen LogP contribution in [0.15, 0.2) is 17.0 Å². The number of sulfonamides is 1. The number of thioether (sulfide) groups is 1. The molecule has 0 atom stereocenters. The van der Waals surface area contributed by atoms with Gasteiger partial charge < -0.3 is 5.32 Å². The largest absolute Gasteiger partial charge is 0.310 e. The number of hydrogen-bond acceptors (Lipinski definition) is 4. The van der Waals surface area contributed by atoms with E-state index in [-0.39, 0.29) is 6.54 Å². The number of nitrogens with one attached hydrogen (secondary N) is 2. The van der Waals surface area contributed by atoms with Gasteiger partial charge in [-0.3, -0.25) is 0 Å². The van der Waals surface area contributed by atoms with E-state index in [0.29, 0.717) is 23.9 Å². The normalized spacial score (nSPS) is 15.4. The van der Waals surface area contributed by atoms with Crippen molar-refractivity contribution >= 4 is 21.8 Å². The van der Waals surface area contributed by atoms with Gasteiger partial charge >= 0.3 is 0 Å². The minimum absolute atomic E-state index is 0.176. The van der Waals surface area contributed by atoms with E-state index in [9.17, 15) is 17.2 Å². The highest BCUT2D eigenvalue weighted by Crippen LogP contribution is 2.22. The van der Waals surface area contributed by atoms with Crippen LogP contribution in [0.4, 0.5) is 8.78 Å². The summed E-state index contributed by atoms with van der Waals surface area (Å²) in [7, 11) is -4.04. The van der Waals surface area contributed by atoms with Gasteiger partial charge in [0, 0.05) is 24.9 Å². The summed E-state index contributed by atoms with van der Waals surface area (Å²) in [6, 6.07) is 2.62. The molecule has 1 aromatic carbocycles. The highest BCUT2D eigenvalue weighted by molar-refractivity contribution is 7.98. The second-order valence-electron chi connectivity index (χ2n) is 4.94. The average Bonchev–Trinajstić information content (AvgIpc) is 3.24. The molecule has 0 unspecified atom stereocenters. The first-order valence-electron chi connectivity index (χ1n) is 6.64. The SMILES string of the molecule is CSCCNS(=O)(=O)c1cc(CNC2CC2)cc(F)c1F. The average molecular weight is 336 g/mol. The Morgan fingerprint density at radius 2 is 2.05 bits per heavy atom. The highest BCUT2D eigenvalue weighted by atomic mass is 32.2. The van der Waals surface area contributed by atoms with Crippen LogP contribution < -0.4 is 10.0 Å². The molecule has 2 N–H and O–H groups in total. The van der Waals surface area contributed by atoms with Crippen molar-refractivity contribution in [3.63, 3.8) is 0 Å². The van der Waals surface area contributed by atoms with E-state index < -0.39 is 26.6 Å². The first kappa shape index (κ1) is 16.7. The zero-order valence-corrected chi connectivity index (χ0v) is 13.3. The molecule has 1 aromatic rings. The molecule has 0 saturated heterocycles. The predicted octanol–water partition coefficient (Wildman–Crippen LogP) is 1.86. The van der Waals surface area contributed by atoms with Crippen LogP contribution in [0.2, 0.25) is 0 Å². The minimum atomic E-state index is -4.04. The third kappa shape index (κ3) is 4.64. The molecule has 1 aliphatic rings. The van der Waals surface area contributed by atoms with E-state index in [4.69, 9.17) is 0 Å². The molecule has 4 nitrogen and oxygen atoms in total. The Hall–Kier alpha value is -0.700. The smallest absolute Gasteiger partial charge is 0.243 e. The first-order valence-corrected chi connectivity index (χ1v) is 9.51. The summed E-state index contributed by atoms with van der Waals surface area (Å²) in [5.41, 5.74) is 0.422. The maximum absolute atomic E-state index is 13.8. The summed E-state index contributed by atoms with van der Waals surface area (Å²) in [5.74, 6) is -1.91. The Bertz CT molecular complexity index is 604. The lowest BCUT2D eigenvalue weighted by Gasteiger charge is -2.10. The topological polar surface area (TPSA) is 58.2 Å². The summed E-state index contributed by atoms with van der Waals surface area (Å²) in [6.45, 7) is 0.504. The van der Waals surface area contributed by atoms with E-state index in [1.54, 1.807) is 0 Å². The van der Waals surface area contributed by atoms with Crippen molar-refractivity contribution < 1.29 is 17.2 Å². The highest BCUT2D eigenvalue weighted by Gasteiger charge is 2.24. The van der Waals surface area contributed by atoms with Gasteiger partial charge in [0.2, 0.25) is 10.0 Å². The minimum Gasteiger partial charge on any atom is -0.310 e. The molecule has 118 valence electrons. The van der Waals surface area contributed by atoms with Crippen molar-refractivity contribution in [3.05, 3.63) is 29.3 Å². The van der Waals surface area contributed by atoms with Crippen molar-refractivity contribution in [1.29, 1.82) is 0 Å². The van der Waals surface area contributed by atoms with Crippen LogP contribution in [0.1, 0.15) is 18.4 Å².